The van der Waals surface area contributed by atoms with E-state index in [2.05, 4.69) is 0 Å². The van der Waals surface area contributed by atoms with Crippen LogP contribution >= 0.6 is 0 Å². The Morgan fingerprint density at radius 3 is 2.76 bits per heavy atom. The van der Waals surface area contributed by atoms with Gasteiger partial charge in [0.15, 0.2) is 0 Å². The molecule has 0 bridgehead atoms. The lowest BCUT2D eigenvalue weighted by Crippen LogP contribution is -2.22. The number of carboxylic acids is 1. The quantitative estimate of drug-likeness (QED) is 0.802. The van der Waals surface area contributed by atoms with Crippen LogP contribution in [0.4, 0.5) is 0 Å². The minimum absolute atomic E-state index is 0.0941. The number of aromatic nitrogens is 1. The Morgan fingerprint density at radius 2 is 2.00 bits per heavy atom. The molecule has 0 saturated carbocycles. The summed E-state index contributed by atoms with van der Waals surface area (Å²) >= 11 is 0. The SMILES string of the molecule is Cc1cccn(Cc2oc3ccccc3c2C(=O)O)c1=O. The van der Waals surface area contributed by atoms with E-state index in [1.54, 1.807) is 49.5 Å². The van der Waals surface area contributed by atoms with Crippen LogP contribution in [0, 0.1) is 6.92 Å². The van der Waals surface area contributed by atoms with Gasteiger partial charge in [-0.05, 0) is 19.1 Å². The largest absolute Gasteiger partial charge is 0.478 e. The van der Waals surface area contributed by atoms with Gasteiger partial charge in [-0.2, -0.15) is 0 Å². The van der Waals surface area contributed by atoms with Gasteiger partial charge in [-0.3, -0.25) is 4.79 Å². The number of aromatic carboxylic acids is 1. The summed E-state index contributed by atoms with van der Waals surface area (Å²) in [4.78, 5) is 23.5. The van der Waals surface area contributed by atoms with Crippen LogP contribution < -0.4 is 5.56 Å². The maximum Gasteiger partial charge on any atom is 0.339 e. The smallest absolute Gasteiger partial charge is 0.339 e. The van der Waals surface area contributed by atoms with Crippen LogP contribution in [0.25, 0.3) is 11.0 Å². The molecule has 0 unspecified atom stereocenters. The summed E-state index contributed by atoms with van der Waals surface area (Å²) in [6.45, 7) is 1.81. The second-order valence-corrected chi connectivity index (χ2v) is 4.83. The highest BCUT2D eigenvalue weighted by Gasteiger charge is 2.20. The first kappa shape index (κ1) is 13.2. The Hall–Kier alpha value is -2.82. The van der Waals surface area contributed by atoms with Gasteiger partial charge in [-0.1, -0.05) is 24.3 Å². The van der Waals surface area contributed by atoms with Crippen molar-refractivity contribution in [2.75, 3.05) is 0 Å². The standard InChI is InChI=1S/C16H13NO4/c1-10-5-4-8-17(15(10)18)9-13-14(16(19)20)11-6-2-3-7-12(11)21-13/h2-8H,9H2,1H3,(H,19,20). The van der Waals surface area contributed by atoms with Crippen molar-refractivity contribution in [3.8, 4) is 0 Å². The first-order valence-corrected chi connectivity index (χ1v) is 6.47. The molecular weight excluding hydrogens is 270 g/mol. The van der Waals surface area contributed by atoms with E-state index in [1.165, 1.54) is 4.57 Å². The van der Waals surface area contributed by atoms with Crippen molar-refractivity contribution in [2.45, 2.75) is 13.5 Å². The number of nitrogens with zero attached hydrogens (tertiary/aromatic N) is 1. The van der Waals surface area contributed by atoms with Crippen molar-refractivity contribution in [1.29, 1.82) is 0 Å². The van der Waals surface area contributed by atoms with E-state index < -0.39 is 5.97 Å². The predicted molar refractivity (Wildman–Crippen MR) is 77.7 cm³/mol. The van der Waals surface area contributed by atoms with Crippen LogP contribution in [0.2, 0.25) is 0 Å². The van der Waals surface area contributed by atoms with Crippen molar-refractivity contribution in [3.63, 3.8) is 0 Å². The average Bonchev–Trinajstić information content (AvgIpc) is 2.82. The van der Waals surface area contributed by atoms with Gasteiger partial charge in [-0.15, -0.1) is 0 Å². The molecule has 3 rings (SSSR count). The molecule has 5 heteroatoms. The zero-order valence-electron chi connectivity index (χ0n) is 11.4. The van der Waals surface area contributed by atoms with Gasteiger partial charge in [0.05, 0.1) is 6.54 Å². The average molecular weight is 283 g/mol. The summed E-state index contributed by atoms with van der Waals surface area (Å²) in [7, 11) is 0. The van der Waals surface area contributed by atoms with Crippen LogP contribution in [0.1, 0.15) is 21.7 Å². The second-order valence-electron chi connectivity index (χ2n) is 4.83. The van der Waals surface area contributed by atoms with E-state index in [1.807, 2.05) is 0 Å². The highest BCUT2D eigenvalue weighted by atomic mass is 16.4. The molecule has 0 radical (unpaired) electrons. The van der Waals surface area contributed by atoms with Crippen molar-refractivity contribution < 1.29 is 14.3 Å². The number of benzene rings is 1. The molecule has 0 saturated heterocycles. The van der Waals surface area contributed by atoms with E-state index in [-0.39, 0.29) is 23.4 Å². The molecule has 0 amide bonds. The van der Waals surface area contributed by atoms with Crippen LogP contribution in [0.3, 0.4) is 0 Å². The lowest BCUT2D eigenvalue weighted by molar-refractivity contribution is 0.0696. The zero-order valence-corrected chi connectivity index (χ0v) is 11.4. The van der Waals surface area contributed by atoms with Crippen molar-refractivity contribution in [3.05, 3.63) is 69.8 Å². The van der Waals surface area contributed by atoms with E-state index in [0.29, 0.717) is 16.5 Å². The molecule has 21 heavy (non-hydrogen) atoms. The topological polar surface area (TPSA) is 72.4 Å². The zero-order chi connectivity index (χ0) is 15.0. The summed E-state index contributed by atoms with van der Waals surface area (Å²) in [6, 6.07) is 10.4. The molecule has 0 fully saturated rings. The van der Waals surface area contributed by atoms with Gasteiger partial charge in [0.1, 0.15) is 16.9 Å². The monoisotopic (exact) mass is 283 g/mol. The fourth-order valence-corrected chi connectivity index (χ4v) is 2.38. The number of carbonyl (C=O) groups is 1. The minimum Gasteiger partial charge on any atom is -0.478 e. The third kappa shape index (κ3) is 2.23. The number of pyridine rings is 1. The molecule has 0 aliphatic rings. The van der Waals surface area contributed by atoms with Gasteiger partial charge >= 0.3 is 5.97 Å². The number of para-hydroxylation sites is 1. The lowest BCUT2D eigenvalue weighted by Gasteiger charge is -2.05. The normalized spacial score (nSPS) is 10.9. The van der Waals surface area contributed by atoms with Gasteiger partial charge in [0.25, 0.3) is 5.56 Å². The van der Waals surface area contributed by atoms with Gasteiger partial charge < -0.3 is 14.1 Å². The van der Waals surface area contributed by atoms with E-state index >= 15 is 0 Å². The molecule has 0 spiro atoms. The third-order valence-corrected chi connectivity index (χ3v) is 3.41. The van der Waals surface area contributed by atoms with Crippen LogP contribution in [-0.2, 0) is 6.54 Å². The molecule has 106 valence electrons. The maximum absolute atomic E-state index is 12.0. The van der Waals surface area contributed by atoms with E-state index in [4.69, 9.17) is 4.42 Å². The predicted octanol–water partition coefficient (Wildman–Crippen LogP) is 2.65. The van der Waals surface area contributed by atoms with Gasteiger partial charge in [0.2, 0.25) is 0 Å². The number of furan rings is 1. The number of hydrogen-bond donors (Lipinski definition) is 1. The molecule has 5 nitrogen and oxygen atoms in total. The third-order valence-electron chi connectivity index (χ3n) is 3.41. The number of hydrogen-bond acceptors (Lipinski definition) is 3. The van der Waals surface area contributed by atoms with Crippen LogP contribution in [0.15, 0.2) is 51.8 Å². The molecule has 0 aliphatic heterocycles. The highest BCUT2D eigenvalue weighted by molar-refractivity contribution is 6.03. The summed E-state index contributed by atoms with van der Waals surface area (Å²) in [5, 5.41) is 9.95. The van der Waals surface area contributed by atoms with Crippen LogP contribution in [0.5, 0.6) is 0 Å². The van der Waals surface area contributed by atoms with Gasteiger partial charge in [-0.25, -0.2) is 4.79 Å². The molecule has 2 heterocycles. The number of rotatable bonds is 3. The fourth-order valence-electron chi connectivity index (χ4n) is 2.38. The summed E-state index contributed by atoms with van der Waals surface area (Å²) < 4.78 is 7.06. The summed E-state index contributed by atoms with van der Waals surface area (Å²) in [5.41, 5.74) is 1.06. The number of carboxylic acid groups (broad SMARTS) is 1. The fraction of sp³-hybridized carbons (Fsp3) is 0.125. The molecule has 2 aromatic heterocycles. The minimum atomic E-state index is -1.06. The number of fused-ring (bicyclic) bond motifs is 1. The Kier molecular flexibility index (Phi) is 3.10. The van der Waals surface area contributed by atoms with E-state index in [9.17, 15) is 14.7 Å². The first-order chi connectivity index (χ1) is 10.1. The Bertz CT molecular complexity index is 889. The molecule has 3 aromatic rings. The van der Waals surface area contributed by atoms with Crippen molar-refractivity contribution in [2.24, 2.45) is 0 Å². The number of aryl methyl sites for hydroxylation is 1. The maximum atomic E-state index is 12.0. The molecule has 0 atom stereocenters. The van der Waals surface area contributed by atoms with Crippen molar-refractivity contribution in [1.82, 2.24) is 4.57 Å². The molecule has 1 aromatic carbocycles. The lowest BCUT2D eigenvalue weighted by atomic mass is 10.1. The van der Waals surface area contributed by atoms with Gasteiger partial charge in [0, 0.05) is 17.1 Å². The van der Waals surface area contributed by atoms with Crippen molar-refractivity contribution >= 4 is 16.9 Å². The molecule has 1 N–H and O–H groups in total. The molecular formula is C16H13NO4. The van der Waals surface area contributed by atoms with Crippen LogP contribution in [-0.4, -0.2) is 15.6 Å². The van der Waals surface area contributed by atoms with E-state index in [0.717, 1.165) is 0 Å². The molecule has 0 aliphatic carbocycles. The first-order valence-electron chi connectivity index (χ1n) is 6.47. The summed E-state index contributed by atoms with van der Waals surface area (Å²) in [5.74, 6) is -0.785. The second kappa shape index (κ2) is 4.94. The highest BCUT2D eigenvalue weighted by Crippen LogP contribution is 2.26. The Morgan fingerprint density at radius 1 is 1.24 bits per heavy atom. The Balaban J connectivity index is 2.16. The summed E-state index contributed by atoms with van der Waals surface area (Å²) in [6.07, 6.45) is 1.62. The Labute approximate surface area is 120 Å².